The van der Waals surface area contributed by atoms with Gasteiger partial charge in [-0.05, 0) is 12.1 Å². The first-order valence-electron chi connectivity index (χ1n) is 10.2. The molecule has 1 atom stereocenters. The first-order chi connectivity index (χ1) is 17.5. The predicted molar refractivity (Wildman–Crippen MR) is 118 cm³/mol. The second kappa shape index (κ2) is 11.1. The second-order valence-corrected chi connectivity index (χ2v) is 7.38. The minimum absolute atomic E-state index is 0.0189. The Labute approximate surface area is 205 Å². The zero-order valence-corrected chi connectivity index (χ0v) is 18.6. The highest BCUT2D eigenvalue weighted by Crippen LogP contribution is 2.31. The van der Waals surface area contributed by atoms with Crippen LogP contribution in [0.15, 0.2) is 53.4 Å². The Morgan fingerprint density at radius 2 is 1.92 bits per heavy atom. The van der Waals surface area contributed by atoms with Crippen molar-refractivity contribution < 1.29 is 36.4 Å². The van der Waals surface area contributed by atoms with Crippen molar-refractivity contribution in [3.8, 4) is 0 Å². The highest BCUT2D eigenvalue weighted by atomic mass is 19.4. The maximum absolute atomic E-state index is 14.2. The van der Waals surface area contributed by atoms with Crippen LogP contribution in [0.4, 0.5) is 27.8 Å². The molecule has 0 saturated carbocycles. The number of hydrazine groups is 1. The molecular formula is C21H19F5N8O3. The molecule has 1 amide bonds. The van der Waals surface area contributed by atoms with Gasteiger partial charge >= 0.3 is 6.18 Å². The highest BCUT2D eigenvalue weighted by Gasteiger charge is 2.59. The third-order valence-electron chi connectivity index (χ3n) is 4.90. The molecule has 0 aliphatic heterocycles. The van der Waals surface area contributed by atoms with Crippen molar-refractivity contribution >= 4 is 23.1 Å². The number of allylic oxidation sites excluding steroid dienone is 1. The average Bonchev–Trinajstić information content (AvgIpc) is 3.40. The number of rotatable bonds is 10. The van der Waals surface area contributed by atoms with Crippen LogP contribution in [0.2, 0.25) is 0 Å². The van der Waals surface area contributed by atoms with Crippen molar-refractivity contribution in [2.45, 2.75) is 18.3 Å². The number of hydrogen-bond acceptors (Lipinski definition) is 10. The summed E-state index contributed by atoms with van der Waals surface area (Å²) < 4.78 is 72.7. The number of anilines is 1. The Kier molecular flexibility index (Phi) is 8.14. The van der Waals surface area contributed by atoms with Crippen LogP contribution < -0.4 is 21.9 Å². The molecule has 1 aromatic carbocycles. The molecule has 0 bridgehead atoms. The first kappa shape index (κ1) is 27.2. The van der Waals surface area contributed by atoms with Gasteiger partial charge in [-0.15, -0.1) is 0 Å². The predicted octanol–water partition coefficient (Wildman–Crippen LogP) is 1.64. The number of benzene rings is 1. The maximum Gasteiger partial charge on any atom is 0.428 e. The molecule has 37 heavy (non-hydrogen) atoms. The zero-order valence-electron chi connectivity index (χ0n) is 18.6. The third-order valence-corrected chi connectivity index (χ3v) is 4.90. The van der Waals surface area contributed by atoms with Crippen molar-refractivity contribution in [3.63, 3.8) is 0 Å². The quantitative estimate of drug-likeness (QED) is 0.0754. The summed E-state index contributed by atoms with van der Waals surface area (Å²) in [6.45, 7) is -1.57. The average molecular weight is 526 g/mol. The van der Waals surface area contributed by atoms with E-state index in [-0.39, 0.29) is 17.9 Å². The third kappa shape index (κ3) is 6.22. The van der Waals surface area contributed by atoms with Gasteiger partial charge in [0.2, 0.25) is 0 Å². The van der Waals surface area contributed by atoms with E-state index in [1.54, 1.807) is 6.07 Å². The van der Waals surface area contributed by atoms with Crippen LogP contribution in [0.25, 0.3) is 5.70 Å². The topological polar surface area (TPSA) is 175 Å². The lowest BCUT2D eigenvalue weighted by Crippen LogP contribution is -2.62. The summed E-state index contributed by atoms with van der Waals surface area (Å²) >= 11 is 0. The molecule has 0 saturated heterocycles. The maximum atomic E-state index is 14.2. The largest absolute Gasteiger partial charge is 0.428 e. The Bertz CT molecular complexity index is 1300. The number of amides is 1. The molecule has 196 valence electrons. The molecule has 0 spiro atoms. The molecular weight excluding hydrogens is 507 g/mol. The van der Waals surface area contributed by atoms with E-state index in [2.05, 4.69) is 20.4 Å². The smallest absolute Gasteiger partial charge is 0.379 e. The van der Waals surface area contributed by atoms with Crippen LogP contribution in [0.1, 0.15) is 17.1 Å². The van der Waals surface area contributed by atoms with Crippen LogP contribution in [-0.4, -0.2) is 50.2 Å². The molecule has 3 rings (SSSR count). The van der Waals surface area contributed by atoms with Gasteiger partial charge in [0, 0.05) is 18.2 Å². The standard InChI is InChI=1S/C21H19F5N8O3/c22-12-4-2-1-3-11(12)8-29-16(15-5-6-37-34-15)7-14(27)18-30-9-13(23)17(32-18)31-10-20(36,19(35)33-28)21(24,25)26/h1-7,9,27,29,36H,8,10,28H2,(H,33,35)(H,30,31,32)/b16-7-,27-14?. The summed E-state index contributed by atoms with van der Waals surface area (Å²) in [5.41, 5.74) is -2.60. The van der Waals surface area contributed by atoms with E-state index in [0.29, 0.717) is 11.8 Å². The number of alkyl halides is 3. The van der Waals surface area contributed by atoms with E-state index in [4.69, 9.17) is 15.8 Å². The zero-order chi connectivity index (χ0) is 27.2. The van der Waals surface area contributed by atoms with E-state index in [1.807, 2.05) is 5.32 Å². The lowest BCUT2D eigenvalue weighted by Gasteiger charge is -2.28. The van der Waals surface area contributed by atoms with E-state index in [1.165, 1.54) is 36.0 Å². The number of nitrogens with one attached hydrogen (secondary N) is 4. The molecule has 2 aromatic heterocycles. The molecule has 11 nitrogen and oxygen atoms in total. The molecule has 0 radical (unpaired) electrons. The number of carbonyl (C=O) groups is 1. The minimum atomic E-state index is -5.47. The van der Waals surface area contributed by atoms with E-state index in [9.17, 15) is 31.9 Å². The summed E-state index contributed by atoms with van der Waals surface area (Å²) in [6.07, 6.45) is -2.50. The molecule has 16 heteroatoms. The van der Waals surface area contributed by atoms with Gasteiger partial charge in [-0.2, -0.15) is 13.2 Å². The lowest BCUT2D eigenvalue weighted by atomic mass is 10.0. The minimum Gasteiger partial charge on any atom is -0.379 e. The fourth-order valence-electron chi connectivity index (χ4n) is 2.87. The first-order valence-corrected chi connectivity index (χ1v) is 10.2. The summed E-state index contributed by atoms with van der Waals surface area (Å²) in [4.78, 5) is 18.8. The molecule has 3 aromatic rings. The number of aromatic nitrogens is 3. The summed E-state index contributed by atoms with van der Waals surface area (Å²) in [5, 5.41) is 26.6. The lowest BCUT2D eigenvalue weighted by molar-refractivity contribution is -0.246. The number of aliphatic hydroxyl groups is 1. The van der Waals surface area contributed by atoms with E-state index in [0.717, 1.165) is 6.08 Å². The SMILES string of the molecule is N=C(/C=C(\NCc1ccccc1F)c1ccon1)c1ncc(F)c(NCC(O)(C(=O)NN)C(F)(F)F)n1. The highest BCUT2D eigenvalue weighted by molar-refractivity contribution is 6.07. The van der Waals surface area contributed by atoms with Gasteiger partial charge in [-0.1, -0.05) is 23.4 Å². The van der Waals surface area contributed by atoms with Crippen LogP contribution in [0, 0.1) is 17.0 Å². The summed E-state index contributed by atoms with van der Waals surface area (Å²) in [7, 11) is 0. The van der Waals surface area contributed by atoms with Gasteiger partial charge in [0.25, 0.3) is 11.5 Å². The van der Waals surface area contributed by atoms with Crippen molar-refractivity contribution in [3.05, 3.63) is 77.6 Å². The van der Waals surface area contributed by atoms with Gasteiger partial charge in [0.05, 0.1) is 18.4 Å². The van der Waals surface area contributed by atoms with Crippen LogP contribution >= 0.6 is 0 Å². The summed E-state index contributed by atoms with van der Waals surface area (Å²) in [6, 6.07) is 7.36. The van der Waals surface area contributed by atoms with Crippen LogP contribution in [-0.2, 0) is 11.3 Å². The Balaban J connectivity index is 1.85. The van der Waals surface area contributed by atoms with Crippen LogP contribution in [0.3, 0.4) is 0 Å². The van der Waals surface area contributed by atoms with Gasteiger partial charge in [-0.3, -0.25) is 15.6 Å². The van der Waals surface area contributed by atoms with Crippen molar-refractivity contribution in [2.75, 3.05) is 11.9 Å². The molecule has 2 heterocycles. The number of nitrogens with two attached hydrogens (primary N) is 1. The Hall–Kier alpha value is -4.44. The number of carbonyl (C=O) groups excluding carboxylic acids is 1. The van der Waals surface area contributed by atoms with E-state index < -0.39 is 53.2 Å². The summed E-state index contributed by atoms with van der Waals surface area (Å²) in [5.74, 6) is -0.270. The number of nitrogens with zero attached hydrogens (tertiary/aromatic N) is 3. The van der Waals surface area contributed by atoms with Gasteiger partial charge in [0.1, 0.15) is 23.5 Å². The number of halogens is 5. The molecule has 0 fully saturated rings. The van der Waals surface area contributed by atoms with Crippen LogP contribution in [0.5, 0.6) is 0 Å². The molecule has 7 N–H and O–H groups in total. The number of hydrogen-bond donors (Lipinski definition) is 6. The van der Waals surface area contributed by atoms with Gasteiger partial charge in [-0.25, -0.2) is 24.6 Å². The van der Waals surface area contributed by atoms with E-state index >= 15 is 0 Å². The van der Waals surface area contributed by atoms with Gasteiger partial charge in [0.15, 0.2) is 17.5 Å². The fourth-order valence-corrected chi connectivity index (χ4v) is 2.87. The van der Waals surface area contributed by atoms with Gasteiger partial charge < -0.3 is 20.3 Å². The Morgan fingerprint density at radius 3 is 2.54 bits per heavy atom. The monoisotopic (exact) mass is 526 g/mol. The Morgan fingerprint density at radius 1 is 1.19 bits per heavy atom. The fraction of sp³-hybridized carbons (Fsp3) is 0.190. The molecule has 1 unspecified atom stereocenters. The van der Waals surface area contributed by atoms with Crippen molar-refractivity contribution in [1.82, 2.24) is 25.9 Å². The van der Waals surface area contributed by atoms with Crippen molar-refractivity contribution in [1.29, 1.82) is 5.41 Å². The second-order valence-electron chi connectivity index (χ2n) is 7.38. The van der Waals surface area contributed by atoms with Crippen molar-refractivity contribution in [2.24, 2.45) is 5.84 Å². The molecule has 0 aliphatic carbocycles. The normalized spacial score (nSPS) is 13.5. The molecule has 0 aliphatic rings.